The van der Waals surface area contributed by atoms with Gasteiger partial charge in [-0.25, -0.2) is 0 Å². The van der Waals surface area contributed by atoms with Crippen molar-refractivity contribution in [2.24, 2.45) is 11.7 Å². The average molecular weight is 240 g/mol. The third-order valence-corrected chi connectivity index (χ3v) is 3.98. The maximum Gasteiger partial charge on any atom is 0.225 e. The van der Waals surface area contributed by atoms with Gasteiger partial charge in [-0.3, -0.25) is 4.79 Å². The van der Waals surface area contributed by atoms with Crippen molar-refractivity contribution in [2.45, 2.75) is 64.3 Å². The van der Waals surface area contributed by atoms with Gasteiger partial charge in [0.25, 0.3) is 0 Å². The summed E-state index contributed by atoms with van der Waals surface area (Å²) in [6, 6.07) is 0.477. The molecule has 1 aliphatic rings. The summed E-state index contributed by atoms with van der Waals surface area (Å²) in [7, 11) is 1.98. The van der Waals surface area contributed by atoms with Crippen LogP contribution in [0.25, 0.3) is 0 Å². The lowest BCUT2D eigenvalue weighted by molar-refractivity contribution is -0.136. The summed E-state index contributed by atoms with van der Waals surface area (Å²) < 4.78 is 0. The summed E-state index contributed by atoms with van der Waals surface area (Å²) in [6.07, 6.45) is 9.47. The molecular formula is C14H28N2O. The molecule has 0 heterocycles. The highest BCUT2D eigenvalue weighted by Gasteiger charge is 2.24. The molecule has 0 aromatic rings. The minimum Gasteiger partial charge on any atom is -0.343 e. The van der Waals surface area contributed by atoms with Crippen molar-refractivity contribution in [3.63, 3.8) is 0 Å². The van der Waals surface area contributed by atoms with Crippen molar-refractivity contribution in [1.82, 2.24) is 4.90 Å². The first-order chi connectivity index (χ1) is 8.16. The third kappa shape index (κ3) is 4.66. The number of nitrogens with zero attached hydrogens (tertiary/aromatic N) is 1. The van der Waals surface area contributed by atoms with E-state index in [1.807, 2.05) is 18.9 Å². The van der Waals surface area contributed by atoms with Crippen LogP contribution in [-0.2, 0) is 4.79 Å². The smallest absolute Gasteiger partial charge is 0.225 e. The Morgan fingerprint density at radius 1 is 1.29 bits per heavy atom. The second kappa shape index (κ2) is 7.70. The van der Waals surface area contributed by atoms with E-state index in [2.05, 4.69) is 0 Å². The Labute approximate surface area is 106 Å². The molecule has 0 radical (unpaired) electrons. The summed E-state index contributed by atoms with van der Waals surface area (Å²) in [4.78, 5) is 14.3. The zero-order valence-electron chi connectivity index (χ0n) is 11.5. The summed E-state index contributed by atoms with van der Waals surface area (Å²) in [5.74, 6) is 0.442. The van der Waals surface area contributed by atoms with E-state index in [1.165, 1.54) is 38.5 Å². The fourth-order valence-corrected chi connectivity index (χ4v) is 2.72. The average Bonchev–Trinajstić information content (AvgIpc) is 2.62. The van der Waals surface area contributed by atoms with Crippen LogP contribution in [0.1, 0.15) is 58.3 Å². The van der Waals surface area contributed by atoms with E-state index in [-0.39, 0.29) is 5.92 Å². The topological polar surface area (TPSA) is 46.3 Å². The molecule has 0 aromatic carbocycles. The van der Waals surface area contributed by atoms with Gasteiger partial charge in [-0.1, -0.05) is 32.6 Å². The Morgan fingerprint density at radius 3 is 2.41 bits per heavy atom. The second-order valence-electron chi connectivity index (χ2n) is 5.43. The first kappa shape index (κ1) is 14.5. The fourth-order valence-electron chi connectivity index (χ4n) is 2.72. The summed E-state index contributed by atoms with van der Waals surface area (Å²) in [5, 5.41) is 0. The van der Waals surface area contributed by atoms with E-state index in [9.17, 15) is 4.79 Å². The molecule has 2 N–H and O–H groups in total. The molecule has 1 rings (SSSR count). The van der Waals surface area contributed by atoms with Crippen LogP contribution in [0, 0.1) is 5.92 Å². The second-order valence-corrected chi connectivity index (χ2v) is 5.43. The van der Waals surface area contributed by atoms with Crippen molar-refractivity contribution in [3.05, 3.63) is 0 Å². The van der Waals surface area contributed by atoms with Gasteiger partial charge in [0.05, 0.1) is 0 Å². The molecule has 1 aliphatic carbocycles. The summed E-state index contributed by atoms with van der Waals surface area (Å²) in [6.45, 7) is 2.72. The van der Waals surface area contributed by atoms with Crippen LogP contribution in [0.2, 0.25) is 0 Å². The summed E-state index contributed by atoms with van der Waals surface area (Å²) >= 11 is 0. The Morgan fingerprint density at radius 2 is 1.88 bits per heavy atom. The first-order valence-electron chi connectivity index (χ1n) is 7.13. The maximum atomic E-state index is 12.2. The Balaban J connectivity index is 2.43. The van der Waals surface area contributed by atoms with Gasteiger partial charge in [-0.05, 0) is 32.2 Å². The van der Waals surface area contributed by atoms with Gasteiger partial charge >= 0.3 is 0 Å². The first-order valence-corrected chi connectivity index (χ1v) is 7.13. The van der Waals surface area contributed by atoms with Crippen LogP contribution in [0.5, 0.6) is 0 Å². The summed E-state index contributed by atoms with van der Waals surface area (Å²) in [5.41, 5.74) is 5.49. The molecule has 1 unspecified atom stereocenters. The van der Waals surface area contributed by atoms with Gasteiger partial charge in [0, 0.05) is 19.0 Å². The number of rotatable bonds is 5. The van der Waals surface area contributed by atoms with E-state index in [0.29, 0.717) is 18.5 Å². The quantitative estimate of drug-likeness (QED) is 0.751. The highest BCUT2D eigenvalue weighted by atomic mass is 16.2. The Kier molecular flexibility index (Phi) is 6.56. The van der Waals surface area contributed by atoms with Crippen LogP contribution < -0.4 is 5.73 Å². The molecule has 1 atom stereocenters. The van der Waals surface area contributed by atoms with Crippen molar-refractivity contribution >= 4 is 5.91 Å². The lowest BCUT2D eigenvalue weighted by Crippen LogP contribution is -2.39. The molecule has 0 aliphatic heterocycles. The van der Waals surface area contributed by atoms with Gasteiger partial charge in [0.1, 0.15) is 0 Å². The van der Waals surface area contributed by atoms with E-state index in [4.69, 9.17) is 5.73 Å². The Bertz CT molecular complexity index is 222. The molecule has 1 saturated carbocycles. The highest BCUT2D eigenvalue weighted by molar-refractivity contribution is 5.78. The van der Waals surface area contributed by atoms with Crippen LogP contribution in [0.15, 0.2) is 0 Å². The van der Waals surface area contributed by atoms with Gasteiger partial charge in [-0.2, -0.15) is 0 Å². The maximum absolute atomic E-state index is 12.2. The van der Waals surface area contributed by atoms with E-state index in [1.54, 1.807) is 0 Å². The van der Waals surface area contributed by atoms with Gasteiger partial charge in [0.15, 0.2) is 0 Å². The van der Waals surface area contributed by atoms with E-state index >= 15 is 0 Å². The highest BCUT2D eigenvalue weighted by Crippen LogP contribution is 2.22. The molecule has 0 spiro atoms. The number of carbonyl (C=O) groups is 1. The monoisotopic (exact) mass is 240 g/mol. The number of hydrogen-bond donors (Lipinski definition) is 1. The van der Waals surface area contributed by atoms with Crippen molar-refractivity contribution < 1.29 is 4.79 Å². The molecule has 1 amide bonds. The van der Waals surface area contributed by atoms with Gasteiger partial charge < -0.3 is 10.6 Å². The molecule has 100 valence electrons. The van der Waals surface area contributed by atoms with Crippen molar-refractivity contribution in [1.29, 1.82) is 0 Å². The van der Waals surface area contributed by atoms with Crippen LogP contribution in [0.3, 0.4) is 0 Å². The van der Waals surface area contributed by atoms with Gasteiger partial charge in [0.2, 0.25) is 5.91 Å². The van der Waals surface area contributed by atoms with Gasteiger partial charge in [-0.15, -0.1) is 0 Å². The SMILES string of the molecule is CC(CCCN)C(=O)N(C)C1CCCCCC1. The number of nitrogens with two attached hydrogens (primary N) is 1. The normalized spacial score (nSPS) is 19.7. The number of amides is 1. The molecular weight excluding hydrogens is 212 g/mol. The molecule has 0 saturated heterocycles. The standard InChI is InChI=1S/C14H28N2O/c1-12(8-7-11-15)14(17)16(2)13-9-5-3-4-6-10-13/h12-13H,3-11,15H2,1-2H3. The zero-order chi connectivity index (χ0) is 12.7. The van der Waals surface area contributed by atoms with Crippen LogP contribution >= 0.6 is 0 Å². The lowest BCUT2D eigenvalue weighted by Gasteiger charge is -2.29. The third-order valence-electron chi connectivity index (χ3n) is 3.98. The molecule has 17 heavy (non-hydrogen) atoms. The van der Waals surface area contributed by atoms with E-state index in [0.717, 1.165) is 12.8 Å². The van der Waals surface area contributed by atoms with Crippen LogP contribution in [0.4, 0.5) is 0 Å². The minimum absolute atomic E-state index is 0.131. The molecule has 0 bridgehead atoms. The van der Waals surface area contributed by atoms with Crippen molar-refractivity contribution in [2.75, 3.05) is 13.6 Å². The number of carbonyl (C=O) groups excluding carboxylic acids is 1. The largest absolute Gasteiger partial charge is 0.343 e. The molecule has 0 aromatic heterocycles. The van der Waals surface area contributed by atoms with Crippen molar-refractivity contribution in [3.8, 4) is 0 Å². The number of hydrogen-bond acceptors (Lipinski definition) is 2. The molecule has 3 heteroatoms. The van der Waals surface area contributed by atoms with E-state index < -0.39 is 0 Å². The zero-order valence-corrected chi connectivity index (χ0v) is 11.5. The minimum atomic E-state index is 0.131. The molecule has 3 nitrogen and oxygen atoms in total. The molecule has 1 fully saturated rings. The van der Waals surface area contributed by atoms with Crippen LogP contribution in [-0.4, -0.2) is 30.4 Å². The fraction of sp³-hybridized carbons (Fsp3) is 0.929. The predicted octanol–water partition coefficient (Wildman–Crippen LogP) is 2.54. The Hall–Kier alpha value is -0.570. The lowest BCUT2D eigenvalue weighted by atomic mass is 10.0. The predicted molar refractivity (Wildman–Crippen MR) is 71.7 cm³/mol.